The zero-order valence-corrected chi connectivity index (χ0v) is 9.22. The summed E-state index contributed by atoms with van der Waals surface area (Å²) in [6, 6.07) is 0. The van der Waals surface area contributed by atoms with Crippen LogP contribution < -0.4 is 0 Å². The molecule has 0 aromatic rings. The predicted molar refractivity (Wildman–Crippen MR) is 51.4 cm³/mol. The average Bonchev–Trinajstić information content (AvgIpc) is 1.78. The topological polar surface area (TPSA) is 80.7 Å². The van der Waals surface area contributed by atoms with E-state index in [2.05, 4.69) is 6.58 Å². The number of hydrogen-bond donors (Lipinski definition) is 1. The summed E-state index contributed by atoms with van der Waals surface area (Å²) >= 11 is 0. The molecule has 1 N–H and O–H groups in total. The quantitative estimate of drug-likeness (QED) is 0.431. The summed E-state index contributed by atoms with van der Waals surface area (Å²) in [5, 5.41) is 0. The van der Waals surface area contributed by atoms with Crippen LogP contribution in [-0.4, -0.2) is 30.3 Å². The molecule has 0 saturated carbocycles. The molecule has 0 bridgehead atoms. The summed E-state index contributed by atoms with van der Waals surface area (Å²) < 4.78 is 34.4. The summed E-state index contributed by atoms with van der Waals surface area (Å²) in [5.74, 6) is -1.32. The van der Waals surface area contributed by atoms with Crippen molar-refractivity contribution in [3.05, 3.63) is 12.2 Å². The zero-order chi connectivity index (χ0) is 11.6. The molecule has 0 aliphatic heterocycles. The number of rotatable bonds is 4. The Labute approximate surface area is 83.5 Å². The van der Waals surface area contributed by atoms with E-state index in [0.717, 1.165) is 0 Å². The summed E-state index contributed by atoms with van der Waals surface area (Å²) in [6.07, 6.45) is 0. The van der Waals surface area contributed by atoms with Crippen molar-refractivity contribution in [3.8, 4) is 0 Å². The van der Waals surface area contributed by atoms with E-state index >= 15 is 0 Å². The Morgan fingerprint density at radius 1 is 1.50 bits per heavy atom. The highest BCUT2D eigenvalue weighted by Gasteiger charge is 2.29. The van der Waals surface area contributed by atoms with Gasteiger partial charge in [0.25, 0.3) is 10.1 Å². The van der Waals surface area contributed by atoms with Crippen molar-refractivity contribution >= 4 is 16.1 Å². The molecule has 0 saturated heterocycles. The average molecular weight is 222 g/mol. The van der Waals surface area contributed by atoms with Gasteiger partial charge in [0.2, 0.25) is 0 Å². The largest absolute Gasteiger partial charge is 0.455 e. The molecule has 0 fully saturated rings. The number of esters is 1. The van der Waals surface area contributed by atoms with Crippen LogP contribution in [0.1, 0.15) is 20.8 Å². The predicted octanol–water partition coefficient (Wildman–Crippen LogP) is 0.772. The lowest BCUT2D eigenvalue weighted by molar-refractivity contribution is -0.149. The molecule has 0 spiro atoms. The van der Waals surface area contributed by atoms with Crippen LogP contribution in [-0.2, 0) is 19.6 Å². The molecule has 0 aromatic heterocycles. The van der Waals surface area contributed by atoms with Crippen molar-refractivity contribution in [2.75, 3.05) is 5.75 Å². The fourth-order valence-electron chi connectivity index (χ4n) is 0.807. The Bertz CT molecular complexity index is 339. The molecular weight excluding hydrogens is 208 g/mol. The van der Waals surface area contributed by atoms with E-state index < -0.39 is 27.4 Å². The molecule has 0 aliphatic rings. The van der Waals surface area contributed by atoms with Gasteiger partial charge in [-0.15, -0.1) is 0 Å². The first-order valence-corrected chi connectivity index (χ1v) is 5.48. The van der Waals surface area contributed by atoms with E-state index in [1.54, 1.807) is 0 Å². The summed E-state index contributed by atoms with van der Waals surface area (Å²) in [6.45, 7) is 7.58. The molecule has 6 heteroatoms. The second-order valence-electron chi connectivity index (χ2n) is 3.66. The second kappa shape index (κ2) is 4.10. The molecule has 0 amide bonds. The third-order valence-corrected chi connectivity index (χ3v) is 2.31. The molecule has 14 heavy (non-hydrogen) atoms. The van der Waals surface area contributed by atoms with Gasteiger partial charge in [-0.3, -0.25) is 4.55 Å². The van der Waals surface area contributed by atoms with Gasteiger partial charge in [0.1, 0.15) is 11.4 Å². The Kier molecular flexibility index (Phi) is 3.84. The first-order chi connectivity index (χ1) is 6.03. The van der Waals surface area contributed by atoms with E-state index in [0.29, 0.717) is 0 Å². The van der Waals surface area contributed by atoms with Crippen molar-refractivity contribution in [2.24, 2.45) is 0 Å². The van der Waals surface area contributed by atoms with Crippen LogP contribution in [0, 0.1) is 0 Å². The van der Waals surface area contributed by atoms with Crippen LogP contribution in [0.5, 0.6) is 0 Å². The van der Waals surface area contributed by atoms with Gasteiger partial charge in [-0.05, 0) is 20.8 Å². The Morgan fingerprint density at radius 3 is 2.21 bits per heavy atom. The minimum atomic E-state index is -4.16. The minimum absolute atomic E-state index is 0.174. The summed E-state index contributed by atoms with van der Waals surface area (Å²) in [5.41, 5.74) is -1.09. The SMILES string of the molecule is C=C(C)C(=O)OC(C)(C)CS(=O)(=O)O. The maximum Gasteiger partial charge on any atom is 0.333 e. The van der Waals surface area contributed by atoms with Gasteiger partial charge in [-0.2, -0.15) is 8.42 Å². The molecular formula is C8H14O5S. The standard InChI is InChI=1S/C8H14O5S/c1-6(2)7(9)13-8(3,4)5-14(10,11)12/h1,5H2,2-4H3,(H,10,11,12). The maximum atomic E-state index is 11.0. The van der Waals surface area contributed by atoms with Crippen molar-refractivity contribution < 1.29 is 22.5 Å². The fraction of sp³-hybridized carbons (Fsp3) is 0.625. The normalized spacial score (nSPS) is 12.3. The first kappa shape index (κ1) is 13.1. The lowest BCUT2D eigenvalue weighted by Crippen LogP contribution is -2.36. The van der Waals surface area contributed by atoms with Gasteiger partial charge in [0, 0.05) is 5.57 Å². The van der Waals surface area contributed by atoms with Crippen molar-refractivity contribution in [1.29, 1.82) is 0 Å². The number of carbonyl (C=O) groups is 1. The fourth-order valence-corrected chi connectivity index (χ4v) is 1.74. The van der Waals surface area contributed by atoms with Gasteiger partial charge in [-0.25, -0.2) is 4.79 Å². The van der Waals surface area contributed by atoms with E-state index in [-0.39, 0.29) is 5.57 Å². The van der Waals surface area contributed by atoms with Crippen molar-refractivity contribution in [2.45, 2.75) is 26.4 Å². The van der Waals surface area contributed by atoms with Crippen LogP contribution in [0.3, 0.4) is 0 Å². The van der Waals surface area contributed by atoms with Gasteiger partial charge in [0.05, 0.1) is 0 Å². The zero-order valence-electron chi connectivity index (χ0n) is 8.40. The van der Waals surface area contributed by atoms with E-state index in [1.165, 1.54) is 20.8 Å². The molecule has 0 aromatic carbocycles. The highest BCUT2D eigenvalue weighted by atomic mass is 32.2. The van der Waals surface area contributed by atoms with E-state index in [9.17, 15) is 13.2 Å². The first-order valence-electron chi connectivity index (χ1n) is 3.87. The molecule has 0 heterocycles. The minimum Gasteiger partial charge on any atom is -0.455 e. The van der Waals surface area contributed by atoms with E-state index in [1.807, 2.05) is 0 Å². The number of carbonyl (C=O) groups excluding carboxylic acids is 1. The van der Waals surface area contributed by atoms with Gasteiger partial charge in [-0.1, -0.05) is 6.58 Å². The van der Waals surface area contributed by atoms with Crippen LogP contribution in [0.4, 0.5) is 0 Å². The van der Waals surface area contributed by atoms with Gasteiger partial charge >= 0.3 is 5.97 Å². The third kappa shape index (κ3) is 5.71. The van der Waals surface area contributed by atoms with Crippen molar-refractivity contribution in [3.63, 3.8) is 0 Å². The smallest absolute Gasteiger partial charge is 0.333 e. The monoisotopic (exact) mass is 222 g/mol. The molecule has 0 aliphatic carbocycles. The lowest BCUT2D eigenvalue weighted by Gasteiger charge is -2.23. The van der Waals surface area contributed by atoms with Crippen LogP contribution in [0.25, 0.3) is 0 Å². The maximum absolute atomic E-state index is 11.0. The highest BCUT2D eigenvalue weighted by molar-refractivity contribution is 7.85. The Hall–Kier alpha value is -0.880. The summed E-state index contributed by atoms with van der Waals surface area (Å²) in [4.78, 5) is 11.0. The Morgan fingerprint density at radius 2 is 1.93 bits per heavy atom. The van der Waals surface area contributed by atoms with Gasteiger partial charge < -0.3 is 4.74 Å². The van der Waals surface area contributed by atoms with Gasteiger partial charge in [0.15, 0.2) is 0 Å². The molecule has 0 unspecified atom stereocenters. The highest BCUT2D eigenvalue weighted by Crippen LogP contribution is 2.13. The molecule has 0 rings (SSSR count). The second-order valence-corrected chi connectivity index (χ2v) is 5.11. The molecule has 0 atom stereocenters. The lowest BCUT2D eigenvalue weighted by atomic mass is 10.2. The van der Waals surface area contributed by atoms with Crippen LogP contribution in [0.2, 0.25) is 0 Å². The molecule has 82 valence electrons. The number of hydrogen-bond acceptors (Lipinski definition) is 4. The third-order valence-electron chi connectivity index (χ3n) is 1.25. The van der Waals surface area contributed by atoms with E-state index in [4.69, 9.17) is 9.29 Å². The number of ether oxygens (including phenoxy) is 1. The van der Waals surface area contributed by atoms with Crippen molar-refractivity contribution in [1.82, 2.24) is 0 Å². The molecule has 0 radical (unpaired) electrons. The summed E-state index contributed by atoms with van der Waals surface area (Å²) in [7, 11) is -4.16. The Balaban J connectivity index is 4.51. The van der Waals surface area contributed by atoms with Crippen LogP contribution in [0.15, 0.2) is 12.2 Å². The van der Waals surface area contributed by atoms with Crippen LogP contribution >= 0.6 is 0 Å². The molecule has 5 nitrogen and oxygen atoms in total.